The lowest BCUT2D eigenvalue weighted by molar-refractivity contribution is 0.0949. The van der Waals surface area contributed by atoms with Crippen LogP contribution in [0.5, 0.6) is 0 Å². The molecule has 1 aliphatic rings. The standard InChI is InChI=1S/C18H20FN3O3S/c19-14-3-1-13(2-4-14)7-9-20-18(23)17-6-5-15(11-21-17)22-16-8-10-26(24,25)12-16/h1-6,11,16,22H,7-10,12H2,(H,20,23). The fraction of sp³-hybridized carbons (Fsp3) is 0.333. The predicted molar refractivity (Wildman–Crippen MR) is 97.4 cm³/mol. The summed E-state index contributed by atoms with van der Waals surface area (Å²) in [4.78, 5) is 16.2. The van der Waals surface area contributed by atoms with Gasteiger partial charge in [-0.25, -0.2) is 17.8 Å². The van der Waals surface area contributed by atoms with Gasteiger partial charge in [0.05, 0.1) is 23.4 Å². The Labute approximate surface area is 151 Å². The minimum Gasteiger partial charge on any atom is -0.380 e. The predicted octanol–water partition coefficient (Wildman–Crippen LogP) is 1.79. The molecule has 3 rings (SSSR count). The van der Waals surface area contributed by atoms with Crippen LogP contribution < -0.4 is 10.6 Å². The Morgan fingerprint density at radius 1 is 1.19 bits per heavy atom. The molecule has 1 aromatic carbocycles. The van der Waals surface area contributed by atoms with Crippen LogP contribution in [0.15, 0.2) is 42.6 Å². The summed E-state index contributed by atoms with van der Waals surface area (Å²) < 4.78 is 35.8. The Hall–Kier alpha value is -2.48. The van der Waals surface area contributed by atoms with Crippen LogP contribution in [0.2, 0.25) is 0 Å². The van der Waals surface area contributed by atoms with Crippen molar-refractivity contribution in [1.82, 2.24) is 10.3 Å². The van der Waals surface area contributed by atoms with Gasteiger partial charge in [0.1, 0.15) is 11.5 Å². The van der Waals surface area contributed by atoms with Crippen molar-refractivity contribution in [3.8, 4) is 0 Å². The number of nitrogens with zero attached hydrogens (tertiary/aromatic N) is 1. The fourth-order valence-corrected chi connectivity index (χ4v) is 4.49. The van der Waals surface area contributed by atoms with Crippen molar-refractivity contribution < 1.29 is 17.6 Å². The zero-order valence-corrected chi connectivity index (χ0v) is 14.9. The highest BCUT2D eigenvalue weighted by molar-refractivity contribution is 7.91. The lowest BCUT2D eigenvalue weighted by atomic mass is 10.1. The highest BCUT2D eigenvalue weighted by Crippen LogP contribution is 2.17. The van der Waals surface area contributed by atoms with Gasteiger partial charge in [-0.15, -0.1) is 0 Å². The maximum atomic E-state index is 12.8. The Morgan fingerprint density at radius 2 is 1.96 bits per heavy atom. The largest absolute Gasteiger partial charge is 0.380 e. The van der Waals surface area contributed by atoms with E-state index in [0.29, 0.717) is 25.1 Å². The molecule has 0 radical (unpaired) electrons. The maximum absolute atomic E-state index is 12.8. The van der Waals surface area contributed by atoms with E-state index in [1.165, 1.54) is 18.3 Å². The number of hydrogen-bond acceptors (Lipinski definition) is 5. The van der Waals surface area contributed by atoms with Crippen molar-refractivity contribution >= 4 is 21.4 Å². The zero-order valence-electron chi connectivity index (χ0n) is 14.1. The number of nitrogens with one attached hydrogen (secondary N) is 2. The van der Waals surface area contributed by atoms with Gasteiger partial charge >= 0.3 is 0 Å². The summed E-state index contributed by atoms with van der Waals surface area (Å²) in [5.41, 5.74) is 1.91. The summed E-state index contributed by atoms with van der Waals surface area (Å²) >= 11 is 0. The Bertz CT molecular complexity index is 868. The van der Waals surface area contributed by atoms with Crippen molar-refractivity contribution in [3.05, 3.63) is 59.7 Å². The normalized spacial score (nSPS) is 18.4. The minimum absolute atomic E-state index is 0.114. The first kappa shape index (κ1) is 18.3. The van der Waals surface area contributed by atoms with Crippen molar-refractivity contribution in [2.75, 3.05) is 23.4 Å². The first-order valence-corrected chi connectivity index (χ1v) is 10.2. The maximum Gasteiger partial charge on any atom is 0.269 e. The van der Waals surface area contributed by atoms with Gasteiger partial charge in [0.25, 0.3) is 5.91 Å². The third kappa shape index (κ3) is 5.01. The first-order chi connectivity index (χ1) is 12.4. The number of carbonyl (C=O) groups is 1. The molecular weight excluding hydrogens is 357 g/mol. The van der Waals surface area contributed by atoms with Gasteiger partial charge in [0.2, 0.25) is 0 Å². The van der Waals surface area contributed by atoms with Gasteiger partial charge in [0.15, 0.2) is 9.84 Å². The number of aromatic nitrogens is 1. The molecule has 8 heteroatoms. The van der Waals surface area contributed by atoms with E-state index >= 15 is 0 Å². The summed E-state index contributed by atoms with van der Waals surface area (Å²) in [6.45, 7) is 0.423. The van der Waals surface area contributed by atoms with Crippen LogP contribution in [0, 0.1) is 5.82 Å². The van der Waals surface area contributed by atoms with Gasteiger partial charge in [-0.2, -0.15) is 0 Å². The molecule has 1 saturated heterocycles. The monoisotopic (exact) mass is 377 g/mol. The van der Waals surface area contributed by atoms with Crippen LogP contribution in [0.3, 0.4) is 0 Å². The van der Waals surface area contributed by atoms with Crippen molar-refractivity contribution in [2.24, 2.45) is 0 Å². The van der Waals surface area contributed by atoms with Crippen LogP contribution in [0.25, 0.3) is 0 Å². The lowest BCUT2D eigenvalue weighted by Crippen LogP contribution is -2.26. The van der Waals surface area contributed by atoms with Crippen molar-refractivity contribution in [2.45, 2.75) is 18.9 Å². The molecule has 0 saturated carbocycles. The van der Waals surface area contributed by atoms with E-state index in [-0.39, 0.29) is 35.0 Å². The van der Waals surface area contributed by atoms with E-state index in [9.17, 15) is 17.6 Å². The van der Waals surface area contributed by atoms with E-state index < -0.39 is 9.84 Å². The number of sulfone groups is 1. The molecule has 6 nitrogen and oxygen atoms in total. The molecule has 1 fully saturated rings. The molecular formula is C18H20FN3O3S. The third-order valence-corrected chi connectivity index (χ3v) is 5.98. The highest BCUT2D eigenvalue weighted by atomic mass is 32.2. The number of benzene rings is 1. The summed E-state index contributed by atoms with van der Waals surface area (Å²) in [6, 6.07) is 9.34. The zero-order chi connectivity index (χ0) is 18.6. The number of rotatable bonds is 6. The third-order valence-electron chi connectivity index (χ3n) is 4.21. The number of anilines is 1. The molecule has 138 valence electrons. The molecule has 0 aliphatic carbocycles. The van der Waals surface area contributed by atoms with Crippen LogP contribution in [0.4, 0.5) is 10.1 Å². The van der Waals surface area contributed by atoms with Gasteiger partial charge in [-0.1, -0.05) is 12.1 Å². The second-order valence-corrected chi connectivity index (χ2v) is 8.54. The topological polar surface area (TPSA) is 88.2 Å². The average molecular weight is 377 g/mol. The van der Waals surface area contributed by atoms with Crippen molar-refractivity contribution in [1.29, 1.82) is 0 Å². The summed E-state index contributed by atoms with van der Waals surface area (Å²) in [6.07, 6.45) is 2.70. The number of carbonyl (C=O) groups excluding carboxylic acids is 1. The van der Waals surface area contributed by atoms with E-state index in [2.05, 4.69) is 15.6 Å². The Morgan fingerprint density at radius 3 is 2.58 bits per heavy atom. The Kier molecular flexibility index (Phi) is 5.51. The number of hydrogen-bond donors (Lipinski definition) is 2. The molecule has 1 aromatic heterocycles. The van der Waals surface area contributed by atoms with Gasteiger partial charge in [-0.3, -0.25) is 4.79 Å². The van der Waals surface area contributed by atoms with Gasteiger partial charge in [-0.05, 0) is 42.7 Å². The van der Waals surface area contributed by atoms with Crippen LogP contribution in [-0.2, 0) is 16.3 Å². The summed E-state index contributed by atoms with van der Waals surface area (Å²) in [7, 11) is -2.94. The van der Waals surface area contributed by atoms with Gasteiger partial charge in [0, 0.05) is 12.6 Å². The molecule has 1 atom stereocenters. The molecule has 1 amide bonds. The first-order valence-electron chi connectivity index (χ1n) is 8.37. The van der Waals surface area contributed by atoms with E-state index in [1.807, 2.05) is 0 Å². The molecule has 26 heavy (non-hydrogen) atoms. The van der Waals surface area contributed by atoms with Gasteiger partial charge < -0.3 is 10.6 Å². The molecule has 2 N–H and O–H groups in total. The molecule has 0 spiro atoms. The average Bonchev–Trinajstić information content (AvgIpc) is 2.96. The fourth-order valence-electron chi connectivity index (χ4n) is 2.82. The van der Waals surface area contributed by atoms with Crippen LogP contribution >= 0.6 is 0 Å². The quantitative estimate of drug-likeness (QED) is 0.801. The second kappa shape index (κ2) is 7.82. The number of halogens is 1. The SMILES string of the molecule is O=C(NCCc1ccc(F)cc1)c1ccc(NC2CCS(=O)(=O)C2)cn1. The Balaban J connectivity index is 1.48. The molecule has 2 heterocycles. The minimum atomic E-state index is -2.94. The van der Waals surface area contributed by atoms with Crippen molar-refractivity contribution in [3.63, 3.8) is 0 Å². The second-order valence-electron chi connectivity index (χ2n) is 6.31. The van der Waals surface area contributed by atoms with E-state index in [0.717, 1.165) is 5.56 Å². The summed E-state index contributed by atoms with van der Waals surface area (Å²) in [5.74, 6) is -0.251. The molecule has 1 aliphatic heterocycles. The lowest BCUT2D eigenvalue weighted by Gasteiger charge is -2.12. The van der Waals surface area contributed by atoms with E-state index in [1.54, 1.807) is 24.3 Å². The molecule has 2 aromatic rings. The van der Waals surface area contributed by atoms with Crippen LogP contribution in [-0.4, -0.2) is 43.4 Å². The number of amides is 1. The van der Waals surface area contributed by atoms with Crippen LogP contribution in [0.1, 0.15) is 22.5 Å². The molecule has 1 unspecified atom stereocenters. The van der Waals surface area contributed by atoms with E-state index in [4.69, 9.17) is 0 Å². The highest BCUT2D eigenvalue weighted by Gasteiger charge is 2.27. The molecule has 0 bridgehead atoms. The smallest absolute Gasteiger partial charge is 0.269 e. The summed E-state index contributed by atoms with van der Waals surface area (Å²) in [5, 5.41) is 5.90. The number of pyridine rings is 1.